The molecule has 0 heteroatoms. The molecule has 128 valence electrons. The quantitative estimate of drug-likeness (QED) is 0.544. The highest BCUT2D eigenvalue weighted by Crippen LogP contribution is 2.51. The van der Waals surface area contributed by atoms with Crippen LogP contribution >= 0.6 is 0 Å². The van der Waals surface area contributed by atoms with Crippen LogP contribution in [0.4, 0.5) is 0 Å². The molecule has 0 aliphatic heterocycles. The molecule has 1 aliphatic carbocycles. The molecular formula is C24H32. The minimum atomic E-state index is -0.484. The van der Waals surface area contributed by atoms with E-state index in [1.807, 2.05) is 0 Å². The zero-order chi connectivity index (χ0) is 18.5. The van der Waals surface area contributed by atoms with Gasteiger partial charge >= 0.3 is 0 Å². The van der Waals surface area contributed by atoms with Crippen LogP contribution in [-0.4, -0.2) is 0 Å². The van der Waals surface area contributed by atoms with Gasteiger partial charge in [-0.1, -0.05) is 75.7 Å². The third-order valence-electron chi connectivity index (χ3n) is 5.34. The van der Waals surface area contributed by atoms with Crippen molar-refractivity contribution in [3.63, 3.8) is 0 Å². The van der Waals surface area contributed by atoms with Crippen LogP contribution in [0.15, 0.2) is 42.5 Å². The van der Waals surface area contributed by atoms with E-state index >= 15 is 0 Å². The highest BCUT2D eigenvalue weighted by atomic mass is 14.4. The lowest BCUT2D eigenvalue weighted by Crippen LogP contribution is -2.32. The second-order valence-electron chi connectivity index (χ2n) is 9.36. The highest BCUT2D eigenvalue weighted by molar-refractivity contribution is 5.68. The molecule has 0 saturated heterocycles. The second-order valence-corrected chi connectivity index (χ2v) is 9.36. The van der Waals surface area contributed by atoms with Gasteiger partial charge in [-0.2, -0.15) is 0 Å². The van der Waals surface area contributed by atoms with E-state index < -0.39 is 5.89 Å². The van der Waals surface area contributed by atoms with Crippen molar-refractivity contribution in [2.45, 2.75) is 66.7 Å². The largest absolute Gasteiger partial charge is 0.0599 e. The summed E-state index contributed by atoms with van der Waals surface area (Å²) in [6.07, 6.45) is 3.07. The zero-order valence-corrected chi connectivity index (χ0v) is 16.2. The smallest absolute Gasteiger partial charge is 0.0353 e. The molecule has 0 spiro atoms. The van der Waals surface area contributed by atoms with E-state index in [9.17, 15) is 1.37 Å². The Labute approximate surface area is 149 Å². The van der Waals surface area contributed by atoms with E-state index in [-0.39, 0.29) is 10.8 Å². The van der Waals surface area contributed by atoms with Crippen LogP contribution in [0.2, 0.25) is 0 Å². The average molecular weight is 322 g/mol. The monoisotopic (exact) mass is 321 g/mol. The first-order valence-electron chi connectivity index (χ1n) is 9.68. The van der Waals surface area contributed by atoms with Crippen molar-refractivity contribution in [3.8, 4) is 11.1 Å². The van der Waals surface area contributed by atoms with Gasteiger partial charge in [0.05, 0.1) is 0 Å². The Morgan fingerprint density at radius 3 is 2.00 bits per heavy atom. The van der Waals surface area contributed by atoms with Gasteiger partial charge < -0.3 is 0 Å². The lowest BCUT2D eigenvalue weighted by Gasteiger charge is -2.45. The number of rotatable bonds is 2. The molecule has 0 aromatic heterocycles. The molecule has 2 aromatic carbocycles. The van der Waals surface area contributed by atoms with Crippen LogP contribution in [0.3, 0.4) is 0 Å². The van der Waals surface area contributed by atoms with E-state index in [2.05, 4.69) is 84.0 Å². The van der Waals surface area contributed by atoms with Gasteiger partial charge in [-0.15, -0.1) is 0 Å². The molecule has 2 aromatic rings. The summed E-state index contributed by atoms with van der Waals surface area (Å²) in [6, 6.07) is 15.4. The van der Waals surface area contributed by atoms with Gasteiger partial charge in [0.25, 0.3) is 0 Å². The van der Waals surface area contributed by atoms with E-state index in [0.717, 1.165) is 12.8 Å². The number of hydrogen-bond donors (Lipinski definition) is 0. The minimum Gasteiger partial charge on any atom is -0.0599 e. The van der Waals surface area contributed by atoms with Gasteiger partial charge in [0.1, 0.15) is 0 Å². The molecule has 0 N–H and O–H groups in total. The van der Waals surface area contributed by atoms with E-state index in [4.69, 9.17) is 0 Å². The first kappa shape index (κ1) is 15.9. The summed E-state index contributed by atoms with van der Waals surface area (Å²) in [4.78, 5) is 0. The van der Waals surface area contributed by atoms with Gasteiger partial charge in [-0.3, -0.25) is 0 Å². The van der Waals surface area contributed by atoms with E-state index in [0.29, 0.717) is 0 Å². The van der Waals surface area contributed by atoms with Gasteiger partial charge in [-0.05, 0) is 72.1 Å². The number of aryl methyl sites for hydroxylation is 2. The Hall–Kier alpha value is -1.56. The number of hydrogen-bond acceptors (Lipinski definition) is 0. The third kappa shape index (κ3) is 3.74. The summed E-state index contributed by atoms with van der Waals surface area (Å²) >= 11 is 0. The van der Waals surface area contributed by atoms with Crippen molar-refractivity contribution in [1.29, 1.82) is 0 Å². The summed E-state index contributed by atoms with van der Waals surface area (Å²) in [7, 11) is 0. The van der Waals surface area contributed by atoms with Crippen LogP contribution in [0.25, 0.3) is 11.1 Å². The van der Waals surface area contributed by atoms with Crippen molar-refractivity contribution in [2.24, 2.45) is 10.8 Å². The fourth-order valence-electron chi connectivity index (χ4n) is 4.78. The molecule has 3 rings (SSSR count). The van der Waals surface area contributed by atoms with Gasteiger partial charge in [0.15, 0.2) is 0 Å². The van der Waals surface area contributed by atoms with E-state index in [1.165, 1.54) is 34.2 Å². The van der Waals surface area contributed by atoms with Crippen molar-refractivity contribution >= 4 is 0 Å². The Bertz CT molecular complexity index is 749. The average Bonchev–Trinajstić information content (AvgIpc) is 2.44. The molecule has 0 unspecified atom stereocenters. The Morgan fingerprint density at radius 1 is 0.875 bits per heavy atom. The predicted molar refractivity (Wildman–Crippen MR) is 106 cm³/mol. The molecule has 0 atom stereocenters. The Kier molecular flexibility index (Phi) is 4.03. The fourth-order valence-corrected chi connectivity index (χ4v) is 4.78. The van der Waals surface area contributed by atoms with Crippen LogP contribution < -0.4 is 0 Å². The summed E-state index contributed by atoms with van der Waals surface area (Å²) in [5, 5.41) is 0. The zero-order valence-electron chi connectivity index (χ0n) is 17.2. The van der Waals surface area contributed by atoms with Crippen molar-refractivity contribution in [1.82, 2.24) is 0 Å². The fraction of sp³-hybridized carbons (Fsp3) is 0.500. The van der Waals surface area contributed by atoms with Crippen molar-refractivity contribution < 1.29 is 1.37 Å². The minimum absolute atomic E-state index is 0.215. The molecular weight excluding hydrogens is 288 g/mol. The molecule has 0 nitrogen and oxygen atoms in total. The molecule has 1 saturated carbocycles. The van der Waals surface area contributed by atoms with Crippen molar-refractivity contribution in [3.05, 3.63) is 59.2 Å². The van der Waals surface area contributed by atoms with Gasteiger partial charge in [0.2, 0.25) is 0 Å². The summed E-state index contributed by atoms with van der Waals surface area (Å²) in [5.41, 5.74) is 6.71. The summed E-state index contributed by atoms with van der Waals surface area (Å²) in [6.45, 7) is 13.6. The molecule has 0 radical (unpaired) electrons. The maximum Gasteiger partial charge on any atom is 0.0353 e. The maximum atomic E-state index is 9.27. The molecule has 1 fully saturated rings. The molecule has 1 aliphatic rings. The van der Waals surface area contributed by atoms with Crippen LogP contribution in [0, 0.1) is 24.7 Å². The normalized spacial score (nSPS) is 22.0. The second kappa shape index (κ2) is 6.06. The third-order valence-corrected chi connectivity index (χ3v) is 5.34. The summed E-state index contributed by atoms with van der Waals surface area (Å²) < 4.78 is 9.27. The molecule has 24 heavy (non-hydrogen) atoms. The topological polar surface area (TPSA) is 0 Å². The van der Waals surface area contributed by atoms with Crippen molar-refractivity contribution in [2.75, 3.05) is 0 Å². The first-order chi connectivity index (χ1) is 11.5. The predicted octanol–water partition coefficient (Wildman–Crippen LogP) is 7.29. The lowest BCUT2D eigenvalue weighted by molar-refractivity contribution is 0.0969. The Morgan fingerprint density at radius 2 is 1.46 bits per heavy atom. The van der Waals surface area contributed by atoms with Crippen LogP contribution in [0.1, 0.15) is 70.9 Å². The van der Waals surface area contributed by atoms with E-state index in [1.54, 1.807) is 0 Å². The summed E-state index contributed by atoms with van der Waals surface area (Å²) in [5.74, 6) is -0.484. The number of benzene rings is 2. The SMILES string of the molecule is [2H]C1(c2ccc(-c3ccc(C)cc3)c(C)c2)CC(C)(C)CC(C)(C)C1. The highest BCUT2D eigenvalue weighted by Gasteiger charge is 2.38. The molecule has 0 amide bonds. The van der Waals surface area contributed by atoms with Crippen LogP contribution in [0.5, 0.6) is 0 Å². The molecule has 0 heterocycles. The van der Waals surface area contributed by atoms with Crippen LogP contribution in [-0.2, 0) is 0 Å². The Balaban J connectivity index is 1.98. The standard InChI is InChI=1S/C24H32/c1-17-7-9-19(10-8-17)22-12-11-20(13-18(22)2)21-14-23(3,4)16-24(5,6)15-21/h7-13,21H,14-16H2,1-6H3/i21D. The van der Waals surface area contributed by atoms with Gasteiger partial charge in [-0.25, -0.2) is 0 Å². The van der Waals surface area contributed by atoms with Gasteiger partial charge in [0, 0.05) is 1.37 Å². The maximum absolute atomic E-state index is 9.27. The molecule has 0 bridgehead atoms. The lowest BCUT2D eigenvalue weighted by atomic mass is 9.60. The first-order valence-corrected chi connectivity index (χ1v) is 9.18.